The van der Waals surface area contributed by atoms with Crippen molar-refractivity contribution >= 4 is 12.0 Å². The number of hydrogen-bond donors (Lipinski definition) is 2. The van der Waals surface area contributed by atoms with Crippen LogP contribution in [0, 0.1) is 5.92 Å². The van der Waals surface area contributed by atoms with Gasteiger partial charge in [0, 0.05) is 13.1 Å². The van der Waals surface area contributed by atoms with Crippen LogP contribution in [0.4, 0.5) is 18.0 Å². The molecule has 21 heavy (non-hydrogen) atoms. The number of rotatable bonds is 4. The van der Waals surface area contributed by atoms with Gasteiger partial charge < -0.3 is 20.0 Å². The van der Waals surface area contributed by atoms with Crippen LogP contribution in [0.3, 0.4) is 0 Å². The molecular weight excluding hydrogens is 293 g/mol. The van der Waals surface area contributed by atoms with Crippen molar-refractivity contribution in [2.45, 2.75) is 32.0 Å². The quantitative estimate of drug-likeness (QED) is 0.816. The van der Waals surface area contributed by atoms with Crippen LogP contribution in [0.5, 0.6) is 0 Å². The fourth-order valence-corrected chi connectivity index (χ4v) is 2.34. The highest BCUT2D eigenvalue weighted by atomic mass is 19.4. The molecule has 0 aromatic heterocycles. The summed E-state index contributed by atoms with van der Waals surface area (Å²) in [4.78, 5) is 24.1. The van der Waals surface area contributed by atoms with Crippen LogP contribution in [0.2, 0.25) is 0 Å². The molecule has 2 amide bonds. The van der Waals surface area contributed by atoms with Gasteiger partial charge in [-0.15, -0.1) is 0 Å². The molecule has 1 fully saturated rings. The van der Waals surface area contributed by atoms with Crippen molar-refractivity contribution in [2.75, 3.05) is 26.2 Å². The lowest BCUT2D eigenvalue weighted by Gasteiger charge is -2.36. The zero-order valence-electron chi connectivity index (χ0n) is 11.6. The molecule has 2 N–H and O–H groups in total. The van der Waals surface area contributed by atoms with E-state index in [-0.39, 0.29) is 23.9 Å². The van der Waals surface area contributed by atoms with Crippen LogP contribution >= 0.6 is 0 Å². The van der Waals surface area contributed by atoms with Gasteiger partial charge >= 0.3 is 18.2 Å². The normalized spacial score (nSPS) is 18.4. The van der Waals surface area contributed by atoms with Crippen LogP contribution in [-0.2, 0) is 4.79 Å². The van der Waals surface area contributed by atoms with E-state index in [4.69, 9.17) is 5.11 Å². The number of hydrogen-bond acceptors (Lipinski definition) is 3. The van der Waals surface area contributed by atoms with E-state index >= 15 is 0 Å². The Morgan fingerprint density at radius 3 is 2.24 bits per heavy atom. The third-order valence-corrected chi connectivity index (χ3v) is 3.46. The van der Waals surface area contributed by atoms with Crippen molar-refractivity contribution in [3.8, 4) is 0 Å². The highest BCUT2D eigenvalue weighted by molar-refractivity contribution is 5.80. The summed E-state index contributed by atoms with van der Waals surface area (Å²) in [6.45, 7) is -0.531. The standard InChI is InChI=1S/C12H19F3N2O4/c1-8(18)9-2-4-16(5-3-9)11(21)17(6-10(19)20)7-12(13,14)15/h8-9,18H,2-7H2,1H3,(H,19,20). The van der Waals surface area contributed by atoms with Crippen LogP contribution in [0.1, 0.15) is 19.8 Å². The molecule has 1 aliphatic rings. The van der Waals surface area contributed by atoms with Gasteiger partial charge in [-0.1, -0.05) is 0 Å². The molecule has 0 aromatic carbocycles. The summed E-state index contributed by atoms with van der Waals surface area (Å²) >= 11 is 0. The van der Waals surface area contributed by atoms with Crippen molar-refractivity contribution in [2.24, 2.45) is 5.92 Å². The second-order valence-electron chi connectivity index (χ2n) is 5.21. The van der Waals surface area contributed by atoms with Crippen LogP contribution in [0.25, 0.3) is 0 Å². The smallest absolute Gasteiger partial charge is 0.406 e. The highest BCUT2D eigenvalue weighted by Gasteiger charge is 2.36. The average Bonchev–Trinajstić information content (AvgIpc) is 2.35. The first-order valence-corrected chi connectivity index (χ1v) is 6.60. The van der Waals surface area contributed by atoms with Gasteiger partial charge in [-0.25, -0.2) is 4.79 Å². The lowest BCUT2D eigenvalue weighted by molar-refractivity contribution is -0.149. The third-order valence-electron chi connectivity index (χ3n) is 3.46. The number of likely N-dealkylation sites (tertiary alicyclic amines) is 1. The molecule has 0 radical (unpaired) electrons. The summed E-state index contributed by atoms with van der Waals surface area (Å²) in [6.07, 6.45) is -4.22. The molecule has 9 heteroatoms. The first kappa shape index (κ1) is 17.5. The van der Waals surface area contributed by atoms with Gasteiger partial charge in [0.1, 0.15) is 13.1 Å². The summed E-state index contributed by atoms with van der Waals surface area (Å²) in [6, 6.07) is -0.932. The van der Waals surface area contributed by atoms with Crippen molar-refractivity contribution < 1.29 is 33.0 Å². The molecule has 0 aliphatic carbocycles. The largest absolute Gasteiger partial charge is 0.480 e. The molecule has 6 nitrogen and oxygen atoms in total. The number of halogens is 3. The Balaban J connectivity index is 2.66. The van der Waals surface area contributed by atoms with Gasteiger partial charge in [0.2, 0.25) is 0 Å². The molecule has 0 bridgehead atoms. The fourth-order valence-electron chi connectivity index (χ4n) is 2.34. The zero-order chi connectivity index (χ0) is 16.2. The molecule has 0 saturated carbocycles. The predicted octanol–water partition coefficient (Wildman–Crippen LogP) is 1.15. The molecule has 1 atom stereocenters. The first-order chi connectivity index (χ1) is 9.60. The number of alkyl halides is 3. The van der Waals surface area contributed by atoms with Gasteiger partial charge in [-0.2, -0.15) is 13.2 Å². The minimum absolute atomic E-state index is 0.00425. The maximum Gasteiger partial charge on any atom is 0.406 e. The summed E-state index contributed by atoms with van der Waals surface area (Å²) in [5.41, 5.74) is 0. The summed E-state index contributed by atoms with van der Waals surface area (Å²) < 4.78 is 37.2. The number of urea groups is 1. The van der Waals surface area contributed by atoms with Crippen LogP contribution in [0.15, 0.2) is 0 Å². The average molecular weight is 312 g/mol. The molecule has 1 heterocycles. The second kappa shape index (κ2) is 6.97. The Hall–Kier alpha value is -1.51. The van der Waals surface area contributed by atoms with E-state index in [1.165, 1.54) is 4.90 Å². The molecule has 1 saturated heterocycles. The van der Waals surface area contributed by atoms with Gasteiger partial charge in [-0.05, 0) is 25.7 Å². The monoisotopic (exact) mass is 312 g/mol. The van der Waals surface area contributed by atoms with E-state index in [0.717, 1.165) is 0 Å². The zero-order valence-corrected chi connectivity index (χ0v) is 11.6. The predicted molar refractivity (Wildman–Crippen MR) is 66.6 cm³/mol. The Bertz CT molecular complexity index is 379. The number of piperidine rings is 1. The van der Waals surface area contributed by atoms with Crippen LogP contribution < -0.4 is 0 Å². The van der Waals surface area contributed by atoms with E-state index in [2.05, 4.69) is 0 Å². The van der Waals surface area contributed by atoms with Crippen molar-refractivity contribution in [1.29, 1.82) is 0 Å². The molecule has 0 spiro atoms. The highest BCUT2D eigenvalue weighted by Crippen LogP contribution is 2.23. The molecular formula is C12H19F3N2O4. The summed E-state index contributed by atoms with van der Waals surface area (Å²) in [5, 5.41) is 18.1. The third kappa shape index (κ3) is 5.78. The van der Waals surface area contributed by atoms with E-state index < -0.39 is 37.4 Å². The first-order valence-electron chi connectivity index (χ1n) is 6.60. The van der Waals surface area contributed by atoms with E-state index in [9.17, 15) is 27.9 Å². The van der Waals surface area contributed by atoms with Crippen molar-refractivity contribution in [1.82, 2.24) is 9.80 Å². The number of carbonyl (C=O) groups excluding carboxylic acids is 1. The number of carbonyl (C=O) groups is 2. The van der Waals surface area contributed by atoms with E-state index in [0.29, 0.717) is 12.8 Å². The lowest BCUT2D eigenvalue weighted by atomic mass is 9.92. The molecule has 1 unspecified atom stereocenters. The number of carboxylic acid groups (broad SMARTS) is 1. The minimum Gasteiger partial charge on any atom is -0.480 e. The fraction of sp³-hybridized carbons (Fsp3) is 0.833. The number of nitrogens with zero attached hydrogens (tertiary/aromatic N) is 2. The molecule has 0 aromatic rings. The van der Waals surface area contributed by atoms with E-state index in [1.54, 1.807) is 6.92 Å². The SMILES string of the molecule is CC(O)C1CCN(C(=O)N(CC(=O)O)CC(F)(F)F)CC1. The Morgan fingerprint density at radius 2 is 1.86 bits per heavy atom. The van der Waals surface area contributed by atoms with E-state index in [1.807, 2.05) is 0 Å². The molecule has 1 rings (SSSR count). The number of aliphatic hydroxyl groups is 1. The van der Waals surface area contributed by atoms with Crippen molar-refractivity contribution in [3.05, 3.63) is 0 Å². The topological polar surface area (TPSA) is 81.1 Å². The van der Waals surface area contributed by atoms with Gasteiger partial charge in [0.25, 0.3) is 0 Å². The maximum absolute atomic E-state index is 12.4. The minimum atomic E-state index is -4.65. The summed E-state index contributed by atoms with van der Waals surface area (Å²) in [7, 11) is 0. The number of carboxylic acids is 1. The number of aliphatic hydroxyl groups excluding tert-OH is 1. The van der Waals surface area contributed by atoms with Crippen LogP contribution in [-0.4, -0.2) is 70.5 Å². The van der Waals surface area contributed by atoms with Gasteiger partial charge in [-0.3, -0.25) is 4.79 Å². The lowest BCUT2D eigenvalue weighted by Crippen LogP contribution is -2.51. The Labute approximate surface area is 120 Å². The second-order valence-corrected chi connectivity index (χ2v) is 5.21. The van der Waals surface area contributed by atoms with Gasteiger partial charge in [0.15, 0.2) is 0 Å². The Morgan fingerprint density at radius 1 is 1.33 bits per heavy atom. The summed E-state index contributed by atoms with van der Waals surface area (Å²) in [5.74, 6) is -1.49. The number of amides is 2. The Kier molecular flexibility index (Phi) is 5.82. The van der Waals surface area contributed by atoms with Gasteiger partial charge in [0.05, 0.1) is 6.10 Å². The van der Waals surface area contributed by atoms with Crippen molar-refractivity contribution in [3.63, 3.8) is 0 Å². The molecule has 122 valence electrons. The molecule has 1 aliphatic heterocycles. The number of aliphatic carboxylic acids is 1. The maximum atomic E-state index is 12.4.